The molecule has 4 aliphatic carbocycles. The zero-order chi connectivity index (χ0) is 29.3. The average Bonchev–Trinajstić information content (AvgIpc) is 3.55. The van der Waals surface area contributed by atoms with Crippen LogP contribution in [0.1, 0.15) is 86.5 Å². The number of hydrogen-bond acceptors (Lipinski definition) is 9. The number of epoxide rings is 1. The first-order valence-corrected chi connectivity index (χ1v) is 14.7. The number of fused-ring (bicyclic) bond motifs is 4. The van der Waals surface area contributed by atoms with E-state index < -0.39 is 63.3 Å². The van der Waals surface area contributed by atoms with E-state index in [0.29, 0.717) is 24.8 Å². The highest BCUT2D eigenvalue weighted by Crippen LogP contribution is 2.76. The SMILES string of the molecule is CC[C@]12CC[C@H]3[C@@H](C[C@H]4O[C@]45CC=CC(=O)[C@]35C)[C@]1(O)[C@@H](OC(C)=O)C[C@@]2(O)[C@@](C)(O)[C@H]1CC(C)=C(C)C(=O)O1. The van der Waals surface area contributed by atoms with E-state index in [-0.39, 0.29) is 43.5 Å². The quantitative estimate of drug-likeness (QED) is 0.351. The predicted octanol–water partition coefficient (Wildman–Crippen LogP) is 2.69. The molecule has 0 aromatic heterocycles. The number of cyclic esters (lactones) is 1. The highest BCUT2D eigenvalue weighted by Gasteiger charge is 2.85. The molecule has 40 heavy (non-hydrogen) atoms. The van der Waals surface area contributed by atoms with Crippen molar-refractivity contribution in [3.63, 3.8) is 0 Å². The summed E-state index contributed by atoms with van der Waals surface area (Å²) in [4.78, 5) is 38.6. The van der Waals surface area contributed by atoms with Crippen LogP contribution in [0.5, 0.6) is 0 Å². The zero-order valence-corrected chi connectivity index (χ0v) is 24.3. The Morgan fingerprint density at radius 2 is 1.93 bits per heavy atom. The molecule has 0 aromatic rings. The van der Waals surface area contributed by atoms with Crippen LogP contribution in [0.3, 0.4) is 0 Å². The largest absolute Gasteiger partial charge is 0.459 e. The van der Waals surface area contributed by atoms with E-state index in [1.807, 2.05) is 19.9 Å². The summed E-state index contributed by atoms with van der Waals surface area (Å²) < 4.78 is 17.8. The molecule has 0 bridgehead atoms. The van der Waals surface area contributed by atoms with Crippen LogP contribution in [0, 0.1) is 22.7 Å². The lowest BCUT2D eigenvalue weighted by Gasteiger charge is -2.64. The molecule has 0 amide bonds. The van der Waals surface area contributed by atoms with Gasteiger partial charge in [-0.25, -0.2) is 4.79 Å². The number of allylic oxidation sites excluding steroid dienone is 1. The first-order valence-electron chi connectivity index (χ1n) is 14.7. The molecule has 1 spiro atoms. The summed E-state index contributed by atoms with van der Waals surface area (Å²) in [5, 5.41) is 38.2. The summed E-state index contributed by atoms with van der Waals surface area (Å²) in [5.41, 5.74) is -7.29. The summed E-state index contributed by atoms with van der Waals surface area (Å²) in [5.74, 6) is -2.00. The lowest BCUT2D eigenvalue weighted by molar-refractivity contribution is -0.294. The van der Waals surface area contributed by atoms with Gasteiger partial charge in [0.1, 0.15) is 34.6 Å². The van der Waals surface area contributed by atoms with E-state index in [2.05, 4.69) is 0 Å². The van der Waals surface area contributed by atoms with Crippen molar-refractivity contribution in [1.82, 2.24) is 0 Å². The van der Waals surface area contributed by atoms with E-state index in [0.717, 1.165) is 5.57 Å². The lowest BCUT2D eigenvalue weighted by Crippen LogP contribution is -2.74. The molecule has 0 unspecified atom stereocenters. The van der Waals surface area contributed by atoms with Gasteiger partial charge in [0.15, 0.2) is 5.78 Å². The van der Waals surface area contributed by atoms with Crippen molar-refractivity contribution in [3.05, 3.63) is 23.3 Å². The maximum Gasteiger partial charge on any atom is 0.334 e. The van der Waals surface area contributed by atoms with Crippen LogP contribution in [-0.4, -0.2) is 73.8 Å². The summed E-state index contributed by atoms with van der Waals surface area (Å²) in [6.45, 7) is 10.0. The third-order valence-corrected chi connectivity index (χ3v) is 12.6. The van der Waals surface area contributed by atoms with E-state index in [1.54, 1.807) is 19.9 Å². The molecule has 9 heteroatoms. The smallest absolute Gasteiger partial charge is 0.334 e. The van der Waals surface area contributed by atoms with Crippen LogP contribution in [0.4, 0.5) is 0 Å². The van der Waals surface area contributed by atoms with E-state index in [4.69, 9.17) is 14.2 Å². The average molecular weight is 559 g/mol. The van der Waals surface area contributed by atoms with Gasteiger partial charge in [-0.1, -0.05) is 18.6 Å². The van der Waals surface area contributed by atoms with Crippen LogP contribution in [0.25, 0.3) is 0 Å². The van der Waals surface area contributed by atoms with Crippen molar-refractivity contribution in [2.24, 2.45) is 22.7 Å². The molecule has 0 aromatic carbocycles. The van der Waals surface area contributed by atoms with E-state index in [1.165, 1.54) is 13.8 Å². The third-order valence-electron chi connectivity index (χ3n) is 12.6. The Morgan fingerprint density at radius 1 is 1.23 bits per heavy atom. The molecule has 4 fully saturated rings. The first kappa shape index (κ1) is 28.1. The normalized spacial score (nSPS) is 50.7. The second-order valence-corrected chi connectivity index (χ2v) is 13.7. The molecule has 6 aliphatic rings. The molecule has 9 nitrogen and oxygen atoms in total. The molecule has 2 heterocycles. The summed E-state index contributed by atoms with van der Waals surface area (Å²) in [7, 11) is 0. The highest BCUT2D eigenvalue weighted by atomic mass is 16.6. The van der Waals surface area contributed by atoms with Crippen molar-refractivity contribution in [1.29, 1.82) is 0 Å². The standard InChI is InChI=1S/C31H42O9/c1-7-28-12-10-19-20(14-23-29(40-23)11-8-9-21(33)26(19,29)5)31(28,37)24(38-18(4)32)15-30(28,36)27(6,35)22-13-16(2)17(3)25(34)39-22/h8-9,19-20,22-24,35-37H,7,10-15H2,1-6H3/t19-,20+,22+,23+,24-,26-,27-,28+,29+,30+,31-/m0/s1. The van der Waals surface area contributed by atoms with E-state index >= 15 is 0 Å². The number of esters is 2. The number of ketones is 1. The van der Waals surface area contributed by atoms with E-state index in [9.17, 15) is 29.7 Å². The Bertz CT molecular complexity index is 1250. The molecule has 1 saturated heterocycles. The fourth-order valence-electron chi connectivity index (χ4n) is 10.2. The van der Waals surface area contributed by atoms with Gasteiger partial charge in [-0.3, -0.25) is 9.59 Å². The van der Waals surface area contributed by atoms with Gasteiger partial charge in [0.2, 0.25) is 0 Å². The molecule has 220 valence electrons. The van der Waals surface area contributed by atoms with Gasteiger partial charge in [-0.05, 0) is 77.7 Å². The number of ether oxygens (including phenoxy) is 3. The zero-order valence-electron chi connectivity index (χ0n) is 24.3. The Labute approximate surface area is 234 Å². The topological polar surface area (TPSA) is 143 Å². The third kappa shape index (κ3) is 2.95. The second kappa shape index (κ2) is 8.27. The molecule has 2 aliphatic heterocycles. The fourth-order valence-corrected chi connectivity index (χ4v) is 10.2. The van der Waals surface area contributed by atoms with Crippen molar-refractivity contribution in [2.75, 3.05) is 0 Å². The van der Waals surface area contributed by atoms with Gasteiger partial charge in [0.05, 0.1) is 11.5 Å². The number of carbonyl (C=O) groups excluding carboxylic acids is 3. The Balaban J connectivity index is 1.49. The maximum atomic E-state index is 13.5. The van der Waals surface area contributed by atoms with Gasteiger partial charge >= 0.3 is 11.9 Å². The molecule has 6 rings (SSSR count). The second-order valence-electron chi connectivity index (χ2n) is 13.7. The van der Waals surface area contributed by atoms with Gasteiger partial charge in [-0.15, -0.1) is 0 Å². The molecular weight excluding hydrogens is 516 g/mol. The minimum atomic E-state index is -1.99. The van der Waals surface area contributed by atoms with Crippen LogP contribution in [-0.2, 0) is 28.6 Å². The first-order chi connectivity index (χ1) is 18.6. The minimum absolute atomic E-state index is 0.0282. The number of aliphatic hydroxyl groups is 3. The molecular formula is C31H42O9. The van der Waals surface area contributed by atoms with Crippen molar-refractivity contribution >= 4 is 17.7 Å². The summed E-state index contributed by atoms with van der Waals surface area (Å²) in [6.07, 6.45) is 3.19. The van der Waals surface area contributed by atoms with Crippen LogP contribution in [0.15, 0.2) is 23.3 Å². The van der Waals surface area contributed by atoms with Gasteiger partial charge in [-0.2, -0.15) is 0 Å². The van der Waals surface area contributed by atoms with Gasteiger partial charge in [0.25, 0.3) is 0 Å². The molecule has 3 saturated carbocycles. The fraction of sp³-hybridized carbons (Fsp3) is 0.774. The van der Waals surface area contributed by atoms with Crippen LogP contribution in [0.2, 0.25) is 0 Å². The Kier molecular flexibility index (Phi) is 5.80. The predicted molar refractivity (Wildman–Crippen MR) is 142 cm³/mol. The molecule has 3 N–H and O–H groups in total. The van der Waals surface area contributed by atoms with Crippen molar-refractivity contribution < 1.29 is 43.9 Å². The van der Waals surface area contributed by atoms with Crippen LogP contribution < -0.4 is 0 Å². The minimum Gasteiger partial charge on any atom is -0.459 e. The molecule has 0 radical (unpaired) electrons. The van der Waals surface area contributed by atoms with Gasteiger partial charge in [0, 0.05) is 30.8 Å². The number of hydrogen-bond donors (Lipinski definition) is 3. The van der Waals surface area contributed by atoms with Crippen LogP contribution >= 0.6 is 0 Å². The Hall–Kier alpha value is -2.07. The monoisotopic (exact) mass is 558 g/mol. The number of rotatable bonds is 4. The van der Waals surface area contributed by atoms with Crippen molar-refractivity contribution in [3.8, 4) is 0 Å². The number of carbonyl (C=O) groups is 3. The van der Waals surface area contributed by atoms with Crippen molar-refractivity contribution in [2.45, 2.75) is 127 Å². The Morgan fingerprint density at radius 3 is 2.55 bits per heavy atom. The molecule has 11 atom stereocenters. The maximum absolute atomic E-state index is 13.5. The summed E-state index contributed by atoms with van der Waals surface area (Å²) >= 11 is 0. The summed E-state index contributed by atoms with van der Waals surface area (Å²) in [6, 6.07) is 0. The highest BCUT2D eigenvalue weighted by molar-refractivity contribution is 5.97. The lowest BCUT2D eigenvalue weighted by atomic mass is 9.41. The van der Waals surface area contributed by atoms with Gasteiger partial charge < -0.3 is 29.5 Å².